The summed E-state index contributed by atoms with van der Waals surface area (Å²) in [4.78, 5) is 25.0. The number of carbonyl (C=O) groups excluding carboxylic acids is 2. The van der Waals surface area contributed by atoms with Crippen molar-refractivity contribution in [3.05, 3.63) is 71.5 Å². The Bertz CT molecular complexity index is 1070. The second-order valence-corrected chi connectivity index (χ2v) is 6.59. The van der Waals surface area contributed by atoms with Gasteiger partial charge in [-0.05, 0) is 11.6 Å². The number of hydrogen-bond acceptors (Lipinski definition) is 6. The molecule has 0 aliphatic carbocycles. The number of rotatable bonds is 6. The molecule has 0 spiro atoms. The predicted molar refractivity (Wildman–Crippen MR) is 107 cm³/mol. The second kappa shape index (κ2) is 8.28. The molecule has 148 valence electrons. The van der Waals surface area contributed by atoms with Crippen LogP contribution < -0.4 is 0 Å². The molecular formula is C22H20N2O5. The summed E-state index contributed by atoms with van der Waals surface area (Å²) in [5.41, 5.74) is 2.98. The lowest BCUT2D eigenvalue weighted by molar-refractivity contribution is -0.134. The van der Waals surface area contributed by atoms with Crippen LogP contribution in [0.4, 0.5) is 0 Å². The maximum atomic E-state index is 12.5. The maximum Gasteiger partial charge on any atom is 0.375 e. The highest BCUT2D eigenvalue weighted by molar-refractivity contribution is 6.03. The Morgan fingerprint density at radius 2 is 1.86 bits per heavy atom. The molecule has 1 aromatic heterocycles. The van der Waals surface area contributed by atoms with E-state index in [0.717, 1.165) is 16.7 Å². The minimum Gasteiger partial charge on any atom is -0.450 e. The van der Waals surface area contributed by atoms with E-state index in [-0.39, 0.29) is 18.3 Å². The van der Waals surface area contributed by atoms with Crippen molar-refractivity contribution < 1.29 is 23.5 Å². The molecule has 0 bridgehead atoms. The Labute approximate surface area is 167 Å². The van der Waals surface area contributed by atoms with Gasteiger partial charge in [-0.3, -0.25) is 4.79 Å². The number of ether oxygens (including phenoxy) is 2. The topological polar surface area (TPSA) is 81.3 Å². The van der Waals surface area contributed by atoms with Crippen molar-refractivity contribution >= 4 is 28.6 Å². The van der Waals surface area contributed by atoms with Crippen molar-refractivity contribution in [2.45, 2.75) is 13.0 Å². The van der Waals surface area contributed by atoms with E-state index in [1.54, 1.807) is 6.07 Å². The molecule has 0 fully saturated rings. The normalized spacial score (nSPS) is 13.6. The van der Waals surface area contributed by atoms with Gasteiger partial charge in [-0.1, -0.05) is 48.5 Å². The predicted octanol–water partition coefficient (Wildman–Crippen LogP) is 3.37. The molecule has 29 heavy (non-hydrogen) atoms. The summed E-state index contributed by atoms with van der Waals surface area (Å²) in [6.45, 7) is 0.250. The molecule has 0 atom stereocenters. The number of amides is 1. The van der Waals surface area contributed by atoms with Crippen LogP contribution in [-0.2, 0) is 20.9 Å². The highest BCUT2D eigenvalue weighted by Crippen LogP contribution is 2.27. The van der Waals surface area contributed by atoms with E-state index in [2.05, 4.69) is 5.10 Å². The van der Waals surface area contributed by atoms with Crippen LogP contribution in [-0.4, -0.2) is 42.9 Å². The Kier molecular flexibility index (Phi) is 5.39. The fourth-order valence-corrected chi connectivity index (χ4v) is 3.29. The first-order chi connectivity index (χ1) is 14.2. The first-order valence-corrected chi connectivity index (χ1v) is 9.27. The van der Waals surface area contributed by atoms with E-state index in [1.165, 1.54) is 12.1 Å². The van der Waals surface area contributed by atoms with Gasteiger partial charge in [0.25, 0.3) is 5.91 Å². The number of benzene rings is 2. The van der Waals surface area contributed by atoms with Crippen molar-refractivity contribution in [1.82, 2.24) is 5.01 Å². The number of fused-ring (bicyclic) bond motifs is 1. The Balaban J connectivity index is 1.44. The molecule has 3 aromatic rings. The van der Waals surface area contributed by atoms with Crippen LogP contribution >= 0.6 is 0 Å². The van der Waals surface area contributed by atoms with Gasteiger partial charge in [-0.15, -0.1) is 0 Å². The van der Waals surface area contributed by atoms with Crippen LogP contribution in [0.15, 0.2) is 64.1 Å². The standard InChI is InChI=1S/C22H20N2O5/c1-27-13-17-16-9-5-6-10-19(16)29-21(17)22(26)28-14-20(25)24-12-11-18(23-24)15-7-3-2-4-8-15/h2-10H,11-14H2,1H3. The third kappa shape index (κ3) is 3.90. The fraction of sp³-hybridized carbons (Fsp3) is 0.227. The summed E-state index contributed by atoms with van der Waals surface area (Å²) in [7, 11) is 1.54. The first-order valence-electron chi connectivity index (χ1n) is 9.27. The molecule has 4 rings (SSSR count). The van der Waals surface area contributed by atoms with E-state index in [1.807, 2.05) is 48.5 Å². The van der Waals surface area contributed by atoms with Crippen LogP contribution in [0, 0.1) is 0 Å². The monoisotopic (exact) mass is 392 g/mol. The molecule has 0 saturated carbocycles. The summed E-state index contributed by atoms with van der Waals surface area (Å²) in [6, 6.07) is 17.0. The highest BCUT2D eigenvalue weighted by Gasteiger charge is 2.25. The average molecular weight is 392 g/mol. The lowest BCUT2D eigenvalue weighted by Gasteiger charge is -2.11. The highest BCUT2D eigenvalue weighted by atomic mass is 16.5. The number of hydrazone groups is 1. The SMILES string of the molecule is COCc1c(C(=O)OCC(=O)N2CCC(c3ccccc3)=N2)oc2ccccc12. The molecule has 0 radical (unpaired) electrons. The van der Waals surface area contributed by atoms with Crippen LogP contribution in [0.3, 0.4) is 0 Å². The first kappa shape index (κ1) is 18.9. The van der Waals surface area contributed by atoms with E-state index in [4.69, 9.17) is 13.9 Å². The van der Waals surface area contributed by atoms with E-state index < -0.39 is 12.6 Å². The van der Waals surface area contributed by atoms with Crippen molar-refractivity contribution in [3.8, 4) is 0 Å². The fourth-order valence-electron chi connectivity index (χ4n) is 3.29. The quantitative estimate of drug-likeness (QED) is 0.601. The zero-order valence-electron chi connectivity index (χ0n) is 16.0. The van der Waals surface area contributed by atoms with Gasteiger partial charge in [0.2, 0.25) is 5.76 Å². The van der Waals surface area contributed by atoms with Gasteiger partial charge < -0.3 is 13.9 Å². The average Bonchev–Trinajstić information content (AvgIpc) is 3.39. The molecule has 0 saturated heterocycles. The molecule has 7 heteroatoms. The number of hydrogen-bond donors (Lipinski definition) is 0. The molecule has 0 unspecified atom stereocenters. The number of methoxy groups -OCH3 is 1. The van der Waals surface area contributed by atoms with Crippen LogP contribution in [0.5, 0.6) is 0 Å². The van der Waals surface area contributed by atoms with Gasteiger partial charge in [0.05, 0.1) is 18.9 Å². The lowest BCUT2D eigenvalue weighted by atomic mass is 10.1. The third-order valence-electron chi connectivity index (χ3n) is 4.70. The van der Waals surface area contributed by atoms with Crippen molar-refractivity contribution in [3.63, 3.8) is 0 Å². The second-order valence-electron chi connectivity index (χ2n) is 6.59. The summed E-state index contributed by atoms with van der Waals surface area (Å²) < 4.78 is 16.0. The Morgan fingerprint density at radius 3 is 2.66 bits per heavy atom. The molecule has 1 aliphatic rings. The summed E-state index contributed by atoms with van der Waals surface area (Å²) in [5, 5.41) is 6.48. The Morgan fingerprint density at radius 1 is 1.10 bits per heavy atom. The molecule has 1 amide bonds. The van der Waals surface area contributed by atoms with Crippen LogP contribution in [0.1, 0.15) is 28.1 Å². The van der Waals surface area contributed by atoms with Crippen LogP contribution in [0.2, 0.25) is 0 Å². The van der Waals surface area contributed by atoms with Gasteiger partial charge in [0.15, 0.2) is 6.61 Å². The smallest absolute Gasteiger partial charge is 0.375 e. The van der Waals surface area contributed by atoms with E-state index in [0.29, 0.717) is 24.1 Å². The zero-order chi connectivity index (χ0) is 20.2. The van der Waals surface area contributed by atoms with Crippen molar-refractivity contribution in [1.29, 1.82) is 0 Å². The molecule has 2 aromatic carbocycles. The maximum absolute atomic E-state index is 12.5. The number of para-hydroxylation sites is 1. The number of carbonyl (C=O) groups is 2. The lowest BCUT2D eigenvalue weighted by Crippen LogP contribution is -2.28. The number of furan rings is 1. The van der Waals surface area contributed by atoms with Gasteiger partial charge in [-0.25, -0.2) is 9.80 Å². The van der Waals surface area contributed by atoms with E-state index in [9.17, 15) is 9.59 Å². The van der Waals surface area contributed by atoms with Gasteiger partial charge in [-0.2, -0.15) is 5.10 Å². The Hall–Kier alpha value is -3.45. The van der Waals surface area contributed by atoms with E-state index >= 15 is 0 Å². The van der Waals surface area contributed by atoms with Gasteiger partial charge >= 0.3 is 5.97 Å². The van der Waals surface area contributed by atoms with Crippen molar-refractivity contribution in [2.24, 2.45) is 5.10 Å². The summed E-state index contributed by atoms with van der Waals surface area (Å²) in [6.07, 6.45) is 0.658. The minimum absolute atomic E-state index is 0.0516. The number of esters is 1. The van der Waals surface area contributed by atoms with Gasteiger partial charge in [0.1, 0.15) is 5.58 Å². The van der Waals surface area contributed by atoms with Crippen molar-refractivity contribution in [2.75, 3.05) is 20.3 Å². The third-order valence-corrected chi connectivity index (χ3v) is 4.70. The largest absolute Gasteiger partial charge is 0.450 e. The zero-order valence-corrected chi connectivity index (χ0v) is 16.0. The molecule has 1 aliphatic heterocycles. The van der Waals surface area contributed by atoms with Crippen LogP contribution in [0.25, 0.3) is 11.0 Å². The summed E-state index contributed by atoms with van der Waals surface area (Å²) in [5.74, 6) is -1.03. The van der Waals surface area contributed by atoms with Gasteiger partial charge in [0, 0.05) is 24.5 Å². The minimum atomic E-state index is -0.701. The molecule has 2 heterocycles. The number of nitrogens with zero attached hydrogens (tertiary/aromatic N) is 2. The summed E-state index contributed by atoms with van der Waals surface area (Å²) >= 11 is 0. The molecule has 7 nitrogen and oxygen atoms in total. The molecule has 0 N–H and O–H groups in total. The molecular weight excluding hydrogens is 372 g/mol.